The first-order valence-electron chi connectivity index (χ1n) is 7.61. The highest BCUT2D eigenvalue weighted by Gasteiger charge is 2.25. The second-order valence-electron chi connectivity index (χ2n) is 5.47. The van der Waals surface area contributed by atoms with Crippen LogP contribution in [0.25, 0.3) is 0 Å². The summed E-state index contributed by atoms with van der Waals surface area (Å²) in [5, 5.41) is 13.9. The van der Waals surface area contributed by atoms with Crippen molar-refractivity contribution >= 4 is 23.0 Å². The monoisotopic (exact) mass is 319 g/mol. The molecule has 0 saturated carbocycles. The molecule has 7 heteroatoms. The Balaban J connectivity index is 1.59. The van der Waals surface area contributed by atoms with Crippen LogP contribution in [-0.4, -0.2) is 45.8 Å². The van der Waals surface area contributed by atoms with E-state index >= 15 is 0 Å². The molecule has 0 aliphatic carbocycles. The number of aromatic nitrogens is 3. The number of hydrogen-bond donors (Lipinski definition) is 2. The van der Waals surface area contributed by atoms with E-state index in [-0.39, 0.29) is 12.6 Å². The van der Waals surface area contributed by atoms with Crippen molar-refractivity contribution in [3.05, 3.63) is 28.5 Å². The van der Waals surface area contributed by atoms with Crippen LogP contribution in [0.3, 0.4) is 0 Å². The molecule has 0 spiro atoms. The van der Waals surface area contributed by atoms with E-state index in [0.717, 1.165) is 49.0 Å². The molecule has 0 radical (unpaired) electrons. The maximum Gasteiger partial charge on any atom is 0.134 e. The predicted octanol–water partition coefficient (Wildman–Crippen LogP) is 1.86. The van der Waals surface area contributed by atoms with Gasteiger partial charge >= 0.3 is 0 Å². The van der Waals surface area contributed by atoms with Crippen molar-refractivity contribution in [3.63, 3.8) is 0 Å². The Morgan fingerprint density at radius 1 is 1.41 bits per heavy atom. The van der Waals surface area contributed by atoms with Crippen molar-refractivity contribution in [2.45, 2.75) is 32.2 Å². The van der Waals surface area contributed by atoms with Crippen molar-refractivity contribution in [2.24, 2.45) is 0 Å². The molecular formula is C15H21N5OS. The molecule has 2 N–H and O–H groups in total. The molecule has 3 rings (SSSR count). The van der Waals surface area contributed by atoms with E-state index in [4.69, 9.17) is 0 Å². The predicted molar refractivity (Wildman–Crippen MR) is 88.5 cm³/mol. The molecule has 6 nitrogen and oxygen atoms in total. The third-order valence-corrected chi connectivity index (χ3v) is 4.82. The summed E-state index contributed by atoms with van der Waals surface area (Å²) in [6, 6.07) is 2.14. The Kier molecular flexibility index (Phi) is 4.84. The fourth-order valence-electron chi connectivity index (χ4n) is 2.74. The lowest BCUT2D eigenvalue weighted by Gasteiger charge is -2.24. The summed E-state index contributed by atoms with van der Waals surface area (Å²) in [5.41, 5.74) is 0. The molecule has 2 aromatic heterocycles. The van der Waals surface area contributed by atoms with Crippen molar-refractivity contribution in [1.29, 1.82) is 0 Å². The summed E-state index contributed by atoms with van der Waals surface area (Å²) < 4.78 is 0. The number of anilines is 2. The number of nitrogens with one attached hydrogen (secondary N) is 1. The number of aryl methyl sites for hydroxylation is 1. The second-order valence-corrected chi connectivity index (χ2v) is 6.79. The minimum atomic E-state index is 0.177. The third kappa shape index (κ3) is 3.53. The van der Waals surface area contributed by atoms with E-state index in [1.807, 2.05) is 12.3 Å². The lowest BCUT2D eigenvalue weighted by Crippen LogP contribution is -2.32. The van der Waals surface area contributed by atoms with Crippen LogP contribution in [0.1, 0.15) is 22.7 Å². The normalized spacial score (nSPS) is 17.9. The number of rotatable bonds is 6. The van der Waals surface area contributed by atoms with Crippen LogP contribution in [-0.2, 0) is 6.42 Å². The summed E-state index contributed by atoms with van der Waals surface area (Å²) in [5.74, 6) is 1.71. The minimum Gasteiger partial charge on any atom is -0.394 e. The molecule has 1 fully saturated rings. The molecule has 1 aliphatic heterocycles. The first kappa shape index (κ1) is 15.2. The van der Waals surface area contributed by atoms with Gasteiger partial charge in [0.2, 0.25) is 0 Å². The maximum atomic E-state index is 9.43. The van der Waals surface area contributed by atoms with Gasteiger partial charge in [0.1, 0.15) is 18.0 Å². The molecule has 118 valence electrons. The summed E-state index contributed by atoms with van der Waals surface area (Å²) in [7, 11) is 0. The Labute approximate surface area is 134 Å². The van der Waals surface area contributed by atoms with Gasteiger partial charge in [-0.1, -0.05) is 0 Å². The highest BCUT2D eigenvalue weighted by Crippen LogP contribution is 2.24. The van der Waals surface area contributed by atoms with E-state index in [0.29, 0.717) is 0 Å². The average molecular weight is 319 g/mol. The topological polar surface area (TPSA) is 74.2 Å². The zero-order chi connectivity index (χ0) is 15.4. The van der Waals surface area contributed by atoms with Crippen molar-refractivity contribution in [3.8, 4) is 0 Å². The van der Waals surface area contributed by atoms with Gasteiger partial charge in [-0.2, -0.15) is 0 Å². The van der Waals surface area contributed by atoms with Crippen molar-refractivity contribution in [2.75, 3.05) is 29.9 Å². The number of hydrogen-bond acceptors (Lipinski definition) is 7. The van der Waals surface area contributed by atoms with Gasteiger partial charge in [0.25, 0.3) is 0 Å². The molecule has 2 aromatic rings. The Morgan fingerprint density at radius 2 is 2.32 bits per heavy atom. The van der Waals surface area contributed by atoms with Crippen LogP contribution in [0, 0.1) is 6.92 Å². The van der Waals surface area contributed by atoms with Gasteiger partial charge in [0.05, 0.1) is 17.7 Å². The van der Waals surface area contributed by atoms with Crippen molar-refractivity contribution < 1.29 is 5.11 Å². The van der Waals surface area contributed by atoms with Gasteiger partial charge in [-0.3, -0.25) is 0 Å². The van der Waals surface area contributed by atoms with E-state index in [1.165, 1.54) is 4.88 Å². The zero-order valence-electron chi connectivity index (χ0n) is 12.7. The van der Waals surface area contributed by atoms with Crippen LogP contribution < -0.4 is 10.2 Å². The van der Waals surface area contributed by atoms with Crippen LogP contribution in [0.2, 0.25) is 0 Å². The molecule has 1 saturated heterocycles. The summed E-state index contributed by atoms with van der Waals surface area (Å²) in [6.45, 7) is 3.99. The van der Waals surface area contributed by atoms with Gasteiger partial charge in [-0.05, 0) is 19.8 Å². The zero-order valence-corrected chi connectivity index (χ0v) is 13.5. The highest BCUT2D eigenvalue weighted by atomic mass is 32.1. The molecule has 0 bridgehead atoms. The van der Waals surface area contributed by atoms with E-state index < -0.39 is 0 Å². The van der Waals surface area contributed by atoms with Gasteiger partial charge in [-0.25, -0.2) is 15.0 Å². The van der Waals surface area contributed by atoms with Gasteiger partial charge in [0, 0.05) is 36.7 Å². The smallest absolute Gasteiger partial charge is 0.134 e. The van der Waals surface area contributed by atoms with Crippen LogP contribution in [0.4, 0.5) is 11.6 Å². The van der Waals surface area contributed by atoms with Gasteiger partial charge < -0.3 is 15.3 Å². The SMILES string of the molecule is Cc1cnc(CCNc2cc(N3CCCC3CO)ncn2)s1. The second kappa shape index (κ2) is 7.02. The van der Waals surface area contributed by atoms with Crippen LogP contribution in [0.5, 0.6) is 0 Å². The number of aliphatic hydroxyl groups is 1. The molecule has 3 heterocycles. The fraction of sp³-hybridized carbons (Fsp3) is 0.533. The molecular weight excluding hydrogens is 298 g/mol. The number of aliphatic hydroxyl groups excluding tert-OH is 1. The molecule has 0 amide bonds. The summed E-state index contributed by atoms with van der Waals surface area (Å²) >= 11 is 1.73. The number of nitrogens with zero attached hydrogens (tertiary/aromatic N) is 4. The summed E-state index contributed by atoms with van der Waals surface area (Å²) in [4.78, 5) is 16.4. The molecule has 1 aliphatic rings. The first-order chi connectivity index (χ1) is 10.8. The Hall–Kier alpha value is -1.73. The van der Waals surface area contributed by atoms with E-state index in [2.05, 4.69) is 32.1 Å². The fourth-order valence-corrected chi connectivity index (χ4v) is 3.53. The lowest BCUT2D eigenvalue weighted by atomic mass is 10.2. The molecule has 22 heavy (non-hydrogen) atoms. The standard InChI is InChI=1S/C15H21N5OS/c1-11-8-17-15(22-11)4-5-16-13-7-14(19-10-18-13)20-6-2-3-12(20)9-21/h7-8,10,12,21H,2-6,9H2,1H3,(H,16,18,19). The molecule has 0 aromatic carbocycles. The minimum absolute atomic E-state index is 0.177. The quantitative estimate of drug-likeness (QED) is 0.846. The Bertz CT molecular complexity index is 617. The molecule has 1 unspecified atom stereocenters. The maximum absolute atomic E-state index is 9.43. The Morgan fingerprint density at radius 3 is 3.09 bits per heavy atom. The summed E-state index contributed by atoms with van der Waals surface area (Å²) in [6.07, 6.45) is 6.50. The van der Waals surface area contributed by atoms with Crippen LogP contribution >= 0.6 is 11.3 Å². The average Bonchev–Trinajstić information content (AvgIpc) is 3.16. The van der Waals surface area contributed by atoms with Gasteiger partial charge in [-0.15, -0.1) is 11.3 Å². The van der Waals surface area contributed by atoms with Gasteiger partial charge in [0.15, 0.2) is 0 Å². The highest BCUT2D eigenvalue weighted by molar-refractivity contribution is 7.11. The van der Waals surface area contributed by atoms with Crippen molar-refractivity contribution in [1.82, 2.24) is 15.0 Å². The largest absolute Gasteiger partial charge is 0.394 e. The molecule has 1 atom stereocenters. The van der Waals surface area contributed by atoms with Crippen LogP contribution in [0.15, 0.2) is 18.6 Å². The third-order valence-electron chi connectivity index (χ3n) is 3.85. The first-order valence-corrected chi connectivity index (χ1v) is 8.42. The lowest BCUT2D eigenvalue weighted by molar-refractivity contribution is 0.266. The van der Waals surface area contributed by atoms with E-state index in [9.17, 15) is 5.11 Å². The van der Waals surface area contributed by atoms with E-state index in [1.54, 1.807) is 17.7 Å². The number of thiazole rings is 1.